The number of nitrogens with one attached hydrogen (secondary N) is 3. The maximum Gasteiger partial charge on any atom is 0.408 e. The first-order valence-corrected chi connectivity index (χ1v) is 17.2. The topological polar surface area (TPSA) is 238 Å². The highest BCUT2D eigenvalue weighted by atomic mass is 16.5. The lowest BCUT2D eigenvalue weighted by Crippen LogP contribution is -2.55. The van der Waals surface area contributed by atoms with Gasteiger partial charge in [-0.05, 0) is 48.6 Å². The summed E-state index contributed by atoms with van der Waals surface area (Å²) in [6.45, 7) is 7.50. The zero-order chi connectivity index (χ0) is 37.9. The number of ether oxygens (including phenoxy) is 1. The number of nitrogens with zero attached hydrogens (tertiary/aromatic N) is 1. The number of amides is 4. The molecule has 9 N–H and O–H groups in total. The molecule has 278 valence electrons. The molecule has 14 heteroatoms. The molecule has 14 nitrogen and oxygen atoms in total. The van der Waals surface area contributed by atoms with Gasteiger partial charge < -0.3 is 37.9 Å². The molecule has 0 saturated heterocycles. The Labute approximate surface area is 299 Å². The van der Waals surface area contributed by atoms with Gasteiger partial charge in [-0.3, -0.25) is 29.0 Å². The number of rotatable bonds is 22. The smallest absolute Gasteiger partial charge is 0.408 e. The molecule has 0 saturated carbocycles. The largest absolute Gasteiger partial charge is 0.445 e. The minimum atomic E-state index is -1.24. The number of hydrogen-bond donors (Lipinski definition) is 6. The van der Waals surface area contributed by atoms with E-state index in [9.17, 15) is 28.8 Å². The molecular formula is C37H53N7O7. The second kappa shape index (κ2) is 21.7. The Morgan fingerprint density at radius 3 is 1.96 bits per heavy atom. The standard InChI is InChI=1S/C37H53N7O7/c1-5-24(4)31(32(46)35(49)42-28(33(38)47)17-12-18-41-36(39)40)44-34(48)27(19-23(2)3)21-30(45)29(20-25-13-8-6-9-14-25)43-37(50)51-22-26-15-10-7-11-16-26/h6-11,13-16,23-24,27-29,31H,5,12,17-22H2,1-4H3,(H2,38,47)(H,42,49)(H,43,50)(H,44,48)(H4,39,40,41)/t24-,27+,28-,29-,31?/m0/s1. The van der Waals surface area contributed by atoms with Crippen LogP contribution in [0.1, 0.15) is 70.9 Å². The Morgan fingerprint density at radius 2 is 1.41 bits per heavy atom. The van der Waals surface area contributed by atoms with E-state index in [-0.39, 0.29) is 44.3 Å². The van der Waals surface area contributed by atoms with E-state index < -0.39 is 65.3 Å². The van der Waals surface area contributed by atoms with Crippen LogP contribution in [0.15, 0.2) is 65.7 Å². The van der Waals surface area contributed by atoms with Crippen molar-refractivity contribution in [2.75, 3.05) is 6.54 Å². The summed E-state index contributed by atoms with van der Waals surface area (Å²) >= 11 is 0. The number of aliphatic imine (C=N–C) groups is 1. The van der Waals surface area contributed by atoms with Crippen LogP contribution in [0.3, 0.4) is 0 Å². The van der Waals surface area contributed by atoms with Crippen LogP contribution in [-0.2, 0) is 41.7 Å². The molecule has 0 bridgehead atoms. The summed E-state index contributed by atoms with van der Waals surface area (Å²) in [5.41, 5.74) is 17.7. The van der Waals surface area contributed by atoms with E-state index in [1.807, 2.05) is 74.5 Å². The Morgan fingerprint density at radius 1 is 0.804 bits per heavy atom. The third-order valence-corrected chi connectivity index (χ3v) is 8.36. The van der Waals surface area contributed by atoms with Crippen molar-refractivity contribution in [3.63, 3.8) is 0 Å². The second-order valence-electron chi connectivity index (χ2n) is 13.1. The normalized spacial score (nSPS) is 13.8. The molecule has 2 aromatic rings. The monoisotopic (exact) mass is 707 g/mol. The fourth-order valence-corrected chi connectivity index (χ4v) is 5.37. The quantitative estimate of drug-likeness (QED) is 0.0455. The van der Waals surface area contributed by atoms with Crippen LogP contribution in [-0.4, -0.2) is 66.0 Å². The van der Waals surface area contributed by atoms with Crippen molar-refractivity contribution in [2.24, 2.45) is 39.9 Å². The van der Waals surface area contributed by atoms with Gasteiger partial charge >= 0.3 is 6.09 Å². The Kier molecular flexibility index (Phi) is 17.9. The summed E-state index contributed by atoms with van der Waals surface area (Å²) in [5, 5.41) is 7.77. The lowest BCUT2D eigenvalue weighted by atomic mass is 9.87. The summed E-state index contributed by atoms with van der Waals surface area (Å²) in [6, 6.07) is 14.8. The molecule has 0 aliphatic heterocycles. The van der Waals surface area contributed by atoms with Crippen LogP contribution in [0, 0.1) is 17.8 Å². The molecule has 5 atom stereocenters. The van der Waals surface area contributed by atoms with Gasteiger partial charge in [0.1, 0.15) is 12.6 Å². The van der Waals surface area contributed by atoms with E-state index >= 15 is 0 Å². The lowest BCUT2D eigenvalue weighted by molar-refractivity contribution is -0.142. The maximum absolute atomic E-state index is 13.9. The number of primary amides is 1. The average Bonchev–Trinajstić information content (AvgIpc) is 3.10. The Hall–Kier alpha value is -5.27. The highest BCUT2D eigenvalue weighted by Crippen LogP contribution is 2.20. The number of Topliss-reactive ketones (excluding diaryl/α,β-unsaturated/α-hetero) is 2. The highest BCUT2D eigenvalue weighted by Gasteiger charge is 2.36. The van der Waals surface area contributed by atoms with E-state index in [1.54, 1.807) is 13.8 Å². The SMILES string of the molecule is CC[C@H](C)C(NC(=O)[C@@H](CC(=O)[C@H](Cc1ccccc1)NC(=O)OCc1ccccc1)CC(C)C)C(=O)C(=O)N[C@@H](CCCN=C(N)N)C(N)=O. The summed E-state index contributed by atoms with van der Waals surface area (Å²) in [7, 11) is 0. The van der Waals surface area contributed by atoms with Crippen molar-refractivity contribution in [3.8, 4) is 0 Å². The number of ketones is 2. The number of carbonyl (C=O) groups excluding carboxylic acids is 6. The molecule has 0 aromatic heterocycles. The average molecular weight is 708 g/mol. The molecule has 0 radical (unpaired) electrons. The third-order valence-electron chi connectivity index (χ3n) is 8.36. The fraction of sp³-hybridized carbons (Fsp3) is 0.486. The number of carbonyl (C=O) groups is 6. The Bertz CT molecular complexity index is 1480. The van der Waals surface area contributed by atoms with Crippen LogP contribution in [0.25, 0.3) is 0 Å². The van der Waals surface area contributed by atoms with Gasteiger partial charge in [0.05, 0.1) is 12.1 Å². The van der Waals surface area contributed by atoms with E-state index in [0.29, 0.717) is 19.3 Å². The molecule has 0 heterocycles. The number of nitrogens with two attached hydrogens (primary N) is 3. The number of benzene rings is 2. The molecule has 0 aliphatic carbocycles. The fourth-order valence-electron chi connectivity index (χ4n) is 5.37. The van der Waals surface area contributed by atoms with Crippen molar-refractivity contribution in [3.05, 3.63) is 71.8 Å². The highest BCUT2D eigenvalue weighted by molar-refractivity contribution is 6.38. The van der Waals surface area contributed by atoms with E-state index in [0.717, 1.165) is 11.1 Å². The Balaban J connectivity index is 2.22. The molecular weight excluding hydrogens is 654 g/mol. The van der Waals surface area contributed by atoms with Gasteiger partial charge in [-0.15, -0.1) is 0 Å². The predicted molar refractivity (Wildman–Crippen MR) is 194 cm³/mol. The van der Waals surface area contributed by atoms with Gasteiger partial charge in [-0.25, -0.2) is 4.79 Å². The minimum absolute atomic E-state index is 0.00799. The number of hydrogen-bond acceptors (Lipinski definition) is 8. The summed E-state index contributed by atoms with van der Waals surface area (Å²) in [4.78, 5) is 82.9. The number of guanidine groups is 1. The van der Waals surface area contributed by atoms with E-state index in [2.05, 4.69) is 20.9 Å². The molecule has 1 unspecified atom stereocenters. The van der Waals surface area contributed by atoms with Gasteiger partial charge in [-0.1, -0.05) is 94.8 Å². The van der Waals surface area contributed by atoms with Gasteiger partial charge in [-0.2, -0.15) is 0 Å². The molecule has 0 aliphatic rings. The molecule has 2 aromatic carbocycles. The number of alkyl carbamates (subject to hydrolysis) is 1. The van der Waals surface area contributed by atoms with Gasteiger partial charge in [0, 0.05) is 18.9 Å². The lowest BCUT2D eigenvalue weighted by Gasteiger charge is -2.27. The van der Waals surface area contributed by atoms with Crippen molar-refractivity contribution < 1.29 is 33.5 Å². The molecule has 4 amide bonds. The first-order chi connectivity index (χ1) is 24.2. The van der Waals surface area contributed by atoms with Crippen LogP contribution in [0.2, 0.25) is 0 Å². The van der Waals surface area contributed by atoms with Crippen LogP contribution >= 0.6 is 0 Å². The van der Waals surface area contributed by atoms with E-state index in [1.165, 1.54) is 0 Å². The molecule has 2 rings (SSSR count). The van der Waals surface area contributed by atoms with Crippen molar-refractivity contribution >= 4 is 41.3 Å². The summed E-state index contributed by atoms with van der Waals surface area (Å²) in [6.07, 6.45) is 0.260. The van der Waals surface area contributed by atoms with Crippen LogP contribution in [0.5, 0.6) is 0 Å². The minimum Gasteiger partial charge on any atom is -0.445 e. The third kappa shape index (κ3) is 15.4. The second-order valence-corrected chi connectivity index (χ2v) is 13.1. The molecule has 0 fully saturated rings. The van der Waals surface area contributed by atoms with E-state index in [4.69, 9.17) is 21.9 Å². The van der Waals surface area contributed by atoms with Gasteiger partial charge in [0.25, 0.3) is 5.91 Å². The summed E-state index contributed by atoms with van der Waals surface area (Å²) in [5.74, 6) is -5.35. The van der Waals surface area contributed by atoms with Gasteiger partial charge in [0.15, 0.2) is 11.7 Å². The van der Waals surface area contributed by atoms with Crippen LogP contribution < -0.4 is 33.2 Å². The van der Waals surface area contributed by atoms with Crippen LogP contribution in [0.4, 0.5) is 4.79 Å². The zero-order valence-electron chi connectivity index (χ0n) is 29.9. The van der Waals surface area contributed by atoms with Crippen molar-refractivity contribution in [1.29, 1.82) is 0 Å². The molecule has 0 spiro atoms. The van der Waals surface area contributed by atoms with Gasteiger partial charge in [0.2, 0.25) is 17.6 Å². The first-order valence-electron chi connectivity index (χ1n) is 17.2. The zero-order valence-corrected chi connectivity index (χ0v) is 29.9. The summed E-state index contributed by atoms with van der Waals surface area (Å²) < 4.78 is 5.38. The first kappa shape index (κ1) is 41.9. The van der Waals surface area contributed by atoms with Crippen molar-refractivity contribution in [2.45, 2.75) is 91.0 Å². The van der Waals surface area contributed by atoms with Crippen molar-refractivity contribution in [1.82, 2.24) is 16.0 Å². The predicted octanol–water partition coefficient (Wildman–Crippen LogP) is 2.27. The molecule has 51 heavy (non-hydrogen) atoms. The maximum atomic E-state index is 13.9.